The van der Waals surface area contributed by atoms with Crippen LogP contribution in [0.25, 0.3) is 16.1 Å². The van der Waals surface area contributed by atoms with Gasteiger partial charge in [0.25, 0.3) is 0 Å². The normalized spacial score (nSPS) is 11.2. The van der Waals surface area contributed by atoms with Crippen molar-refractivity contribution in [2.45, 2.75) is 13.3 Å². The molecule has 2 aromatic carbocycles. The lowest BCUT2D eigenvalue weighted by Crippen LogP contribution is -2.18. The molecule has 3 aromatic rings. The van der Waals surface area contributed by atoms with Crippen molar-refractivity contribution in [2.75, 3.05) is 20.3 Å². The summed E-state index contributed by atoms with van der Waals surface area (Å²) in [7, 11) is 1.49. The molecule has 0 fully saturated rings. The van der Waals surface area contributed by atoms with E-state index in [4.69, 9.17) is 19.4 Å². The summed E-state index contributed by atoms with van der Waals surface area (Å²) < 4.78 is 11.1. The highest BCUT2D eigenvalue weighted by Crippen LogP contribution is 2.31. The summed E-state index contributed by atoms with van der Waals surface area (Å²) in [5.74, 6) is -0.0107. The third-order valence-electron chi connectivity index (χ3n) is 4.52. The number of para-hydroxylation sites is 1. The predicted molar refractivity (Wildman–Crippen MR) is 122 cm³/mol. The van der Waals surface area contributed by atoms with Gasteiger partial charge in [0, 0.05) is 10.4 Å². The van der Waals surface area contributed by atoms with Crippen LogP contribution in [0, 0.1) is 0 Å². The number of allylic oxidation sites excluding steroid dienone is 1. The predicted octanol–water partition coefficient (Wildman–Crippen LogP) is 5.01. The van der Waals surface area contributed by atoms with Gasteiger partial charge in [-0.3, -0.25) is 15.1 Å². The van der Waals surface area contributed by atoms with Crippen LogP contribution in [-0.4, -0.2) is 31.4 Å². The van der Waals surface area contributed by atoms with Crippen molar-refractivity contribution in [2.24, 2.45) is 0 Å². The number of hydrogen-bond donors (Lipinski definition) is 2. The van der Waals surface area contributed by atoms with Gasteiger partial charge in [-0.05, 0) is 35.6 Å². The van der Waals surface area contributed by atoms with Crippen LogP contribution in [0.2, 0.25) is 0 Å². The summed E-state index contributed by atoms with van der Waals surface area (Å²) in [5.41, 5.74) is 6.59. The van der Waals surface area contributed by atoms with E-state index < -0.39 is 5.97 Å². The minimum Gasteiger partial charge on any atom is -0.493 e. The number of nitrogens with one attached hydrogen (secondary N) is 1. The fourth-order valence-electron chi connectivity index (χ4n) is 3.07. The Morgan fingerprint density at radius 3 is 2.55 bits per heavy atom. The topological polar surface area (TPSA) is 77.0 Å². The number of carboxylic acids is 1. The molecular formula is C24H25NO5S. The van der Waals surface area contributed by atoms with Gasteiger partial charge in [-0.25, -0.2) is 0 Å². The molecule has 0 aliphatic rings. The van der Waals surface area contributed by atoms with Gasteiger partial charge in [-0.2, -0.15) is 0 Å². The average molecular weight is 440 g/mol. The first-order valence-corrected chi connectivity index (χ1v) is 10.7. The Kier molecular flexibility index (Phi) is 8.09. The van der Waals surface area contributed by atoms with Crippen molar-refractivity contribution >= 4 is 23.0 Å². The van der Waals surface area contributed by atoms with Gasteiger partial charge in [0.05, 0.1) is 19.2 Å². The number of carboxylic acid groups (broad SMARTS) is 1. The Balaban J connectivity index is 1.50. The van der Waals surface area contributed by atoms with Crippen LogP contribution in [0.1, 0.15) is 18.1 Å². The molecule has 0 spiro atoms. The molecule has 6 nitrogen and oxygen atoms in total. The molecule has 0 saturated heterocycles. The van der Waals surface area contributed by atoms with Crippen molar-refractivity contribution in [1.29, 1.82) is 0 Å². The summed E-state index contributed by atoms with van der Waals surface area (Å²) in [4.78, 5) is 17.8. The monoisotopic (exact) mass is 439 g/mol. The van der Waals surface area contributed by atoms with Crippen LogP contribution in [0.3, 0.4) is 0 Å². The van der Waals surface area contributed by atoms with E-state index in [1.54, 1.807) is 29.5 Å². The maximum atomic E-state index is 11.0. The van der Waals surface area contributed by atoms with E-state index in [2.05, 4.69) is 41.2 Å². The number of benzene rings is 2. The summed E-state index contributed by atoms with van der Waals surface area (Å²) in [6.45, 7) is 2.50. The van der Waals surface area contributed by atoms with Gasteiger partial charge < -0.3 is 14.6 Å². The highest BCUT2D eigenvalue weighted by molar-refractivity contribution is 7.13. The van der Waals surface area contributed by atoms with Gasteiger partial charge in [0.2, 0.25) is 0 Å². The van der Waals surface area contributed by atoms with Crippen molar-refractivity contribution in [3.05, 3.63) is 77.2 Å². The minimum absolute atomic E-state index is 0.131. The first kappa shape index (κ1) is 22.4. The average Bonchev–Trinajstić information content (AvgIpc) is 3.31. The second-order valence-corrected chi connectivity index (χ2v) is 7.52. The highest BCUT2D eigenvalue weighted by atomic mass is 32.1. The smallest absolute Gasteiger partial charge is 0.307 e. The van der Waals surface area contributed by atoms with Crippen LogP contribution in [0.15, 0.2) is 66.1 Å². The van der Waals surface area contributed by atoms with Crippen molar-refractivity contribution in [1.82, 2.24) is 5.48 Å². The number of methoxy groups -OCH3 is 1. The zero-order valence-electron chi connectivity index (χ0n) is 17.5. The van der Waals surface area contributed by atoms with Crippen LogP contribution in [0.5, 0.6) is 11.5 Å². The first-order chi connectivity index (χ1) is 15.1. The van der Waals surface area contributed by atoms with E-state index in [-0.39, 0.29) is 19.6 Å². The summed E-state index contributed by atoms with van der Waals surface area (Å²) >= 11 is 1.71. The lowest BCUT2D eigenvalue weighted by molar-refractivity contribution is -0.136. The van der Waals surface area contributed by atoms with Gasteiger partial charge >= 0.3 is 5.97 Å². The summed E-state index contributed by atoms with van der Waals surface area (Å²) in [5, 5.41) is 11.1. The second kappa shape index (κ2) is 11.2. The molecule has 0 amide bonds. The Morgan fingerprint density at radius 2 is 1.90 bits per heavy atom. The number of thiophene rings is 1. The zero-order chi connectivity index (χ0) is 22.1. The number of hydroxylamine groups is 1. The Labute approximate surface area is 185 Å². The Bertz CT molecular complexity index is 1010. The maximum Gasteiger partial charge on any atom is 0.307 e. The highest BCUT2D eigenvalue weighted by Gasteiger charge is 2.13. The van der Waals surface area contributed by atoms with E-state index in [0.29, 0.717) is 17.1 Å². The van der Waals surface area contributed by atoms with Gasteiger partial charge in [-0.15, -0.1) is 11.3 Å². The molecule has 0 aliphatic heterocycles. The lowest BCUT2D eigenvalue weighted by Gasteiger charge is -2.15. The van der Waals surface area contributed by atoms with Crippen LogP contribution in [-0.2, 0) is 16.1 Å². The number of aliphatic carboxylic acids is 1. The van der Waals surface area contributed by atoms with Crippen LogP contribution < -0.4 is 15.0 Å². The Hall–Kier alpha value is -3.29. The zero-order valence-corrected chi connectivity index (χ0v) is 18.3. The SMILES string of the molecule is CC=C(NOCCOc1cccc(CC(=O)O)c1OC)c1ccc(-c2cccs2)cc1. The van der Waals surface area contributed by atoms with E-state index in [0.717, 1.165) is 11.3 Å². The molecule has 0 unspecified atom stereocenters. The van der Waals surface area contributed by atoms with Crippen LogP contribution >= 0.6 is 11.3 Å². The molecule has 31 heavy (non-hydrogen) atoms. The third kappa shape index (κ3) is 6.10. The van der Waals surface area contributed by atoms with Gasteiger partial charge in [0.15, 0.2) is 11.5 Å². The largest absolute Gasteiger partial charge is 0.493 e. The molecular weight excluding hydrogens is 414 g/mol. The van der Waals surface area contributed by atoms with E-state index in [1.807, 2.05) is 19.1 Å². The molecule has 0 radical (unpaired) electrons. The molecule has 0 saturated carbocycles. The van der Waals surface area contributed by atoms with E-state index in [1.165, 1.54) is 17.6 Å². The third-order valence-corrected chi connectivity index (χ3v) is 5.44. The fourth-order valence-corrected chi connectivity index (χ4v) is 3.81. The van der Waals surface area contributed by atoms with Crippen molar-refractivity contribution < 1.29 is 24.2 Å². The number of hydrogen-bond acceptors (Lipinski definition) is 6. The Morgan fingerprint density at radius 1 is 1.10 bits per heavy atom. The molecule has 162 valence electrons. The molecule has 0 bridgehead atoms. The number of ether oxygens (including phenoxy) is 2. The standard InChI is InChI=1S/C24H25NO5S/c1-3-20(17-9-11-18(12-10-17)22-8-5-15-31-22)25-30-14-13-29-21-7-4-6-19(16-23(26)27)24(21)28-2/h3-12,15,25H,13-14,16H2,1-2H3,(H,26,27). The quantitative estimate of drug-likeness (QED) is 0.323. The minimum atomic E-state index is -0.926. The fraction of sp³-hybridized carbons (Fsp3) is 0.208. The number of rotatable bonds is 11. The van der Waals surface area contributed by atoms with E-state index in [9.17, 15) is 4.79 Å². The van der Waals surface area contributed by atoms with Gasteiger partial charge in [-0.1, -0.05) is 48.5 Å². The molecule has 1 heterocycles. The van der Waals surface area contributed by atoms with Crippen molar-refractivity contribution in [3.63, 3.8) is 0 Å². The molecule has 7 heteroatoms. The molecule has 3 rings (SSSR count). The lowest BCUT2D eigenvalue weighted by atomic mass is 10.1. The molecule has 2 N–H and O–H groups in total. The number of carbonyl (C=O) groups is 1. The van der Waals surface area contributed by atoms with Gasteiger partial charge in [0.1, 0.15) is 13.2 Å². The maximum absolute atomic E-state index is 11.0. The van der Waals surface area contributed by atoms with Crippen molar-refractivity contribution in [3.8, 4) is 21.9 Å². The van der Waals surface area contributed by atoms with E-state index >= 15 is 0 Å². The summed E-state index contributed by atoms with van der Waals surface area (Å²) in [6.07, 6.45) is 1.81. The molecule has 0 aliphatic carbocycles. The second-order valence-electron chi connectivity index (χ2n) is 6.58. The molecule has 0 atom stereocenters. The molecule has 1 aromatic heterocycles. The first-order valence-electron chi connectivity index (χ1n) is 9.81. The van der Waals surface area contributed by atoms with Crippen LogP contribution in [0.4, 0.5) is 0 Å². The summed E-state index contributed by atoms with van der Waals surface area (Å²) in [6, 6.07) is 17.6.